The number of para-hydroxylation sites is 1. The molecule has 0 saturated heterocycles. The zero-order chi connectivity index (χ0) is 13.5. The molecule has 0 aliphatic carbocycles. The molecule has 4 nitrogen and oxygen atoms in total. The van der Waals surface area contributed by atoms with E-state index in [9.17, 15) is 8.42 Å². The highest BCUT2D eigenvalue weighted by atomic mass is 79.9. The van der Waals surface area contributed by atoms with Crippen LogP contribution in [0.1, 0.15) is 5.56 Å². The minimum atomic E-state index is -3.54. The van der Waals surface area contributed by atoms with Crippen LogP contribution in [0.5, 0.6) is 0 Å². The Morgan fingerprint density at radius 1 is 1.00 bits per heavy atom. The average Bonchev–Trinajstić information content (AvgIpc) is 2.39. The number of amidine groups is 1. The minimum absolute atomic E-state index is 0.205. The second-order valence-electron chi connectivity index (χ2n) is 4.04. The van der Waals surface area contributed by atoms with Crippen molar-refractivity contribution in [2.75, 3.05) is 0 Å². The van der Waals surface area contributed by atoms with E-state index in [2.05, 4.69) is 25.6 Å². The van der Waals surface area contributed by atoms with Gasteiger partial charge in [-0.25, -0.2) is 13.4 Å². The van der Waals surface area contributed by atoms with Crippen molar-refractivity contribution in [3.05, 3.63) is 58.6 Å². The maximum absolute atomic E-state index is 12.1. The summed E-state index contributed by atoms with van der Waals surface area (Å²) in [6, 6.07) is 14.0. The first-order chi connectivity index (χ1) is 9.06. The standard InChI is InChI=1S/C13H9BrN2O2S/c14-10-7-5-9(6-8-10)13-15-11-3-1-2-4-12(11)19(17,18)16-13/h1-8H,(H,15,16). The Bertz CT molecular complexity index is 767. The van der Waals surface area contributed by atoms with Crippen LogP contribution in [-0.4, -0.2) is 14.3 Å². The van der Waals surface area contributed by atoms with E-state index in [1.54, 1.807) is 36.4 Å². The van der Waals surface area contributed by atoms with Gasteiger partial charge < -0.3 is 0 Å². The molecule has 0 aromatic heterocycles. The number of nitrogens with one attached hydrogen (secondary N) is 1. The van der Waals surface area contributed by atoms with Crippen LogP contribution in [0.15, 0.2) is 62.9 Å². The van der Waals surface area contributed by atoms with E-state index in [-0.39, 0.29) is 4.90 Å². The van der Waals surface area contributed by atoms with Crippen molar-refractivity contribution < 1.29 is 8.42 Å². The number of benzene rings is 2. The van der Waals surface area contributed by atoms with Crippen molar-refractivity contribution in [2.24, 2.45) is 4.99 Å². The summed E-state index contributed by atoms with van der Waals surface area (Å²) in [6.07, 6.45) is 0. The van der Waals surface area contributed by atoms with Crippen LogP contribution in [0.4, 0.5) is 5.69 Å². The van der Waals surface area contributed by atoms with Gasteiger partial charge in [-0.3, -0.25) is 4.72 Å². The maximum Gasteiger partial charge on any atom is 0.265 e. The lowest BCUT2D eigenvalue weighted by atomic mass is 10.2. The zero-order valence-electron chi connectivity index (χ0n) is 9.67. The summed E-state index contributed by atoms with van der Waals surface area (Å²) in [6.45, 7) is 0. The fraction of sp³-hybridized carbons (Fsp3) is 0. The van der Waals surface area contributed by atoms with E-state index in [0.29, 0.717) is 11.5 Å². The third-order valence-electron chi connectivity index (χ3n) is 2.74. The Labute approximate surface area is 119 Å². The largest absolute Gasteiger partial charge is 0.265 e. The average molecular weight is 337 g/mol. The molecule has 19 heavy (non-hydrogen) atoms. The molecule has 0 atom stereocenters. The molecule has 3 rings (SSSR count). The molecule has 0 radical (unpaired) electrons. The molecule has 6 heteroatoms. The van der Waals surface area contributed by atoms with Crippen LogP contribution in [0.3, 0.4) is 0 Å². The van der Waals surface area contributed by atoms with Gasteiger partial charge in [0.2, 0.25) is 0 Å². The van der Waals surface area contributed by atoms with E-state index in [1.165, 1.54) is 0 Å². The molecule has 96 valence electrons. The molecule has 0 saturated carbocycles. The van der Waals surface area contributed by atoms with Gasteiger partial charge in [0.05, 0.1) is 5.69 Å². The number of hydrogen-bond donors (Lipinski definition) is 1. The minimum Gasteiger partial charge on any atom is -0.263 e. The van der Waals surface area contributed by atoms with Crippen LogP contribution in [0.2, 0.25) is 0 Å². The normalized spacial score (nSPS) is 16.2. The van der Waals surface area contributed by atoms with E-state index < -0.39 is 10.0 Å². The number of aliphatic imine (C=N–C) groups is 1. The predicted octanol–water partition coefficient (Wildman–Crippen LogP) is 2.82. The number of halogens is 1. The molecule has 1 aliphatic rings. The lowest BCUT2D eigenvalue weighted by Gasteiger charge is -2.17. The second kappa shape index (κ2) is 4.47. The monoisotopic (exact) mass is 336 g/mol. The molecular formula is C13H9BrN2O2S. The van der Waals surface area contributed by atoms with Gasteiger partial charge in [0, 0.05) is 10.0 Å². The summed E-state index contributed by atoms with van der Waals surface area (Å²) in [5.74, 6) is 0.339. The van der Waals surface area contributed by atoms with Crippen LogP contribution >= 0.6 is 15.9 Å². The molecule has 0 unspecified atom stereocenters. The Balaban J connectivity index is 2.16. The van der Waals surface area contributed by atoms with Crippen molar-refractivity contribution in [3.8, 4) is 0 Å². The smallest absolute Gasteiger partial charge is 0.263 e. The quantitative estimate of drug-likeness (QED) is 0.870. The predicted molar refractivity (Wildman–Crippen MR) is 77.1 cm³/mol. The van der Waals surface area contributed by atoms with Crippen molar-refractivity contribution in [1.29, 1.82) is 0 Å². The summed E-state index contributed by atoms with van der Waals surface area (Å²) in [5.41, 5.74) is 1.18. The molecule has 0 bridgehead atoms. The summed E-state index contributed by atoms with van der Waals surface area (Å²) in [5, 5.41) is 0. The van der Waals surface area contributed by atoms with Crippen molar-refractivity contribution in [3.63, 3.8) is 0 Å². The van der Waals surface area contributed by atoms with Gasteiger partial charge in [-0.15, -0.1) is 0 Å². The first kappa shape index (κ1) is 12.4. The highest BCUT2D eigenvalue weighted by Crippen LogP contribution is 2.28. The molecule has 1 aliphatic heterocycles. The van der Waals surface area contributed by atoms with Gasteiger partial charge in [0.1, 0.15) is 10.7 Å². The fourth-order valence-electron chi connectivity index (χ4n) is 1.83. The Hall–Kier alpha value is -1.66. The van der Waals surface area contributed by atoms with Crippen LogP contribution in [0.25, 0.3) is 0 Å². The first-order valence-corrected chi connectivity index (χ1v) is 7.80. The lowest BCUT2D eigenvalue weighted by Crippen LogP contribution is -2.33. The van der Waals surface area contributed by atoms with Crippen LogP contribution in [0, 0.1) is 0 Å². The molecular weight excluding hydrogens is 328 g/mol. The molecule has 2 aromatic rings. The van der Waals surface area contributed by atoms with Gasteiger partial charge in [-0.05, 0) is 24.3 Å². The summed E-state index contributed by atoms with van der Waals surface area (Å²) >= 11 is 3.34. The third kappa shape index (κ3) is 2.29. The third-order valence-corrected chi connectivity index (χ3v) is 4.65. The van der Waals surface area contributed by atoms with Crippen molar-refractivity contribution in [2.45, 2.75) is 4.90 Å². The molecule has 0 spiro atoms. The number of nitrogens with zero attached hydrogens (tertiary/aromatic N) is 1. The molecule has 0 fully saturated rings. The summed E-state index contributed by atoms with van der Waals surface area (Å²) < 4.78 is 27.7. The number of rotatable bonds is 1. The van der Waals surface area contributed by atoms with Gasteiger partial charge in [-0.2, -0.15) is 0 Å². The highest BCUT2D eigenvalue weighted by Gasteiger charge is 2.25. The fourth-order valence-corrected chi connectivity index (χ4v) is 3.27. The summed E-state index contributed by atoms with van der Waals surface area (Å²) in [4.78, 5) is 4.56. The molecule has 1 heterocycles. The topological polar surface area (TPSA) is 58.5 Å². The van der Waals surface area contributed by atoms with Crippen molar-refractivity contribution >= 4 is 37.5 Å². The van der Waals surface area contributed by atoms with Crippen LogP contribution in [-0.2, 0) is 10.0 Å². The maximum atomic E-state index is 12.1. The SMILES string of the molecule is O=S1(=O)NC(c2ccc(Br)cc2)=Nc2ccccc21. The second-order valence-corrected chi connectivity index (χ2v) is 6.61. The van der Waals surface area contributed by atoms with Crippen LogP contribution < -0.4 is 4.72 Å². The lowest BCUT2D eigenvalue weighted by molar-refractivity contribution is 0.592. The number of fused-ring (bicyclic) bond motifs is 1. The molecule has 1 N–H and O–H groups in total. The van der Waals surface area contributed by atoms with E-state index in [0.717, 1.165) is 10.0 Å². The first-order valence-electron chi connectivity index (χ1n) is 5.53. The van der Waals surface area contributed by atoms with Gasteiger partial charge in [0.25, 0.3) is 10.0 Å². The zero-order valence-corrected chi connectivity index (χ0v) is 12.1. The highest BCUT2D eigenvalue weighted by molar-refractivity contribution is 9.10. The van der Waals surface area contributed by atoms with Crippen molar-refractivity contribution in [1.82, 2.24) is 4.72 Å². The molecule has 2 aromatic carbocycles. The van der Waals surface area contributed by atoms with E-state index in [4.69, 9.17) is 0 Å². The Kier molecular flexibility index (Phi) is 2.91. The van der Waals surface area contributed by atoms with E-state index >= 15 is 0 Å². The number of hydrogen-bond acceptors (Lipinski definition) is 3. The van der Waals surface area contributed by atoms with Gasteiger partial charge in [-0.1, -0.05) is 40.2 Å². The Morgan fingerprint density at radius 2 is 1.68 bits per heavy atom. The number of sulfonamides is 1. The summed E-state index contributed by atoms with van der Waals surface area (Å²) in [7, 11) is -3.54. The Morgan fingerprint density at radius 3 is 2.42 bits per heavy atom. The van der Waals surface area contributed by atoms with Gasteiger partial charge >= 0.3 is 0 Å². The van der Waals surface area contributed by atoms with E-state index in [1.807, 2.05) is 12.1 Å². The molecule has 0 amide bonds. The van der Waals surface area contributed by atoms with Gasteiger partial charge in [0.15, 0.2) is 0 Å².